The van der Waals surface area contributed by atoms with Crippen molar-refractivity contribution >= 4 is 76.1 Å². The minimum Gasteiger partial charge on any atom is -0.456 e. The molecule has 0 amide bonds. The molecular weight excluding hydrogens is 829 g/mol. The molecule has 11 aromatic carbocycles. The Bertz CT molecular complexity index is 4290. The molecule has 0 bridgehead atoms. The summed E-state index contributed by atoms with van der Waals surface area (Å²) in [4.78, 5) is 15.4. The van der Waals surface area contributed by atoms with Crippen LogP contribution in [-0.4, -0.2) is 19.5 Å². The highest BCUT2D eigenvalue weighted by Crippen LogP contribution is 2.40. The first-order chi connectivity index (χ1) is 33.7. The molecule has 0 aliphatic heterocycles. The minimum atomic E-state index is 0.576. The fourth-order valence-corrected chi connectivity index (χ4v) is 10.4. The zero-order chi connectivity index (χ0) is 44.7. The smallest absolute Gasteiger partial charge is 0.164 e. The first kappa shape index (κ1) is 38.1. The van der Waals surface area contributed by atoms with E-state index in [1.807, 2.05) is 30.3 Å². The number of para-hydroxylation sites is 2. The van der Waals surface area contributed by atoms with Crippen molar-refractivity contribution in [1.82, 2.24) is 19.5 Å². The molecule has 3 aromatic heterocycles. The number of hydrogen-bond acceptors (Lipinski definition) is 4. The van der Waals surface area contributed by atoms with Crippen molar-refractivity contribution in [3.05, 3.63) is 231 Å². The van der Waals surface area contributed by atoms with Gasteiger partial charge in [-0.15, -0.1) is 0 Å². The van der Waals surface area contributed by atoms with E-state index in [-0.39, 0.29) is 0 Å². The van der Waals surface area contributed by atoms with Gasteiger partial charge < -0.3 is 8.98 Å². The fourth-order valence-electron chi connectivity index (χ4n) is 10.4. The molecule has 14 rings (SSSR count). The van der Waals surface area contributed by atoms with Gasteiger partial charge in [-0.3, -0.25) is 0 Å². The van der Waals surface area contributed by atoms with E-state index in [0.29, 0.717) is 17.5 Å². The number of aromatic nitrogens is 4. The maximum absolute atomic E-state index is 6.59. The lowest BCUT2D eigenvalue weighted by atomic mass is 9.91. The number of hydrogen-bond donors (Lipinski definition) is 0. The van der Waals surface area contributed by atoms with Crippen LogP contribution < -0.4 is 0 Å². The number of furan rings is 1. The monoisotopic (exact) mass is 866 g/mol. The Morgan fingerprint density at radius 3 is 1.40 bits per heavy atom. The fraction of sp³-hybridized carbons (Fsp3) is 0. The zero-order valence-corrected chi connectivity index (χ0v) is 36.6. The molecule has 0 aliphatic carbocycles. The summed E-state index contributed by atoms with van der Waals surface area (Å²) in [5.74, 6) is 1.78. The molecular formula is C63H38N4O. The summed E-state index contributed by atoms with van der Waals surface area (Å²) in [6.45, 7) is 0. The van der Waals surface area contributed by atoms with Crippen LogP contribution >= 0.6 is 0 Å². The SMILES string of the molecule is c1ccc(-c2nc(-c3ccc4c(c3)oc3ccc(-c5cccc(-c6ccc7c8ccccc8c8ccccc8c7c6)c5)cc34)nc(-c3ccc4c5ccccc5n(-c5ccccc5)c4c3)n2)cc1. The molecule has 5 heteroatoms. The number of rotatable bonds is 6. The maximum Gasteiger partial charge on any atom is 0.164 e. The summed E-state index contributed by atoms with van der Waals surface area (Å²) >= 11 is 0. The van der Waals surface area contributed by atoms with Gasteiger partial charge in [0.15, 0.2) is 17.5 Å². The van der Waals surface area contributed by atoms with Crippen molar-refractivity contribution in [1.29, 1.82) is 0 Å². The van der Waals surface area contributed by atoms with E-state index in [1.165, 1.54) is 54.2 Å². The Morgan fingerprint density at radius 2 is 0.706 bits per heavy atom. The van der Waals surface area contributed by atoms with Gasteiger partial charge in [0.2, 0.25) is 0 Å². The number of benzene rings is 11. The first-order valence-corrected chi connectivity index (χ1v) is 23.0. The molecule has 316 valence electrons. The third-order valence-electron chi connectivity index (χ3n) is 13.6. The van der Waals surface area contributed by atoms with Gasteiger partial charge in [-0.25, -0.2) is 15.0 Å². The van der Waals surface area contributed by atoms with E-state index in [2.05, 4.69) is 205 Å². The van der Waals surface area contributed by atoms with E-state index in [9.17, 15) is 0 Å². The molecule has 0 radical (unpaired) electrons. The van der Waals surface area contributed by atoms with Crippen LogP contribution in [0.5, 0.6) is 0 Å². The van der Waals surface area contributed by atoms with Crippen molar-refractivity contribution < 1.29 is 4.42 Å². The third kappa shape index (κ3) is 6.14. The van der Waals surface area contributed by atoms with Crippen molar-refractivity contribution in [2.75, 3.05) is 0 Å². The Balaban J connectivity index is 0.851. The lowest BCUT2D eigenvalue weighted by Gasteiger charge is -2.12. The molecule has 68 heavy (non-hydrogen) atoms. The second-order valence-corrected chi connectivity index (χ2v) is 17.5. The second kappa shape index (κ2) is 15.2. The molecule has 0 N–H and O–H groups in total. The van der Waals surface area contributed by atoms with Crippen LogP contribution in [0.25, 0.3) is 138 Å². The standard InChI is InChI=1S/C63H38N4O/c1-3-14-39(15-4-1)61-64-62(44-27-31-53-52-24-11-12-25-57(52)67(58(53)37-44)46-18-5-2-6-19-46)66-63(65-61)45-28-32-54-56-36-43(29-33-59(56)68-60(54)38-45)41-17-13-16-40(34-41)42-26-30-51-49-22-8-7-20-47(49)48-21-9-10-23-50(48)55(51)35-42/h1-38H. The Kier molecular flexibility index (Phi) is 8.52. The van der Waals surface area contributed by atoms with Crippen molar-refractivity contribution in [3.63, 3.8) is 0 Å². The largest absolute Gasteiger partial charge is 0.456 e. The molecule has 0 aliphatic rings. The highest BCUT2D eigenvalue weighted by Gasteiger charge is 2.19. The summed E-state index contributed by atoms with van der Waals surface area (Å²) in [7, 11) is 0. The van der Waals surface area contributed by atoms with Gasteiger partial charge in [-0.1, -0.05) is 170 Å². The molecule has 14 aromatic rings. The van der Waals surface area contributed by atoms with E-state index in [4.69, 9.17) is 19.4 Å². The zero-order valence-electron chi connectivity index (χ0n) is 36.6. The highest BCUT2D eigenvalue weighted by molar-refractivity contribution is 6.25. The Morgan fingerprint density at radius 1 is 0.250 bits per heavy atom. The van der Waals surface area contributed by atoms with Crippen molar-refractivity contribution in [2.24, 2.45) is 0 Å². The van der Waals surface area contributed by atoms with Gasteiger partial charge in [0.25, 0.3) is 0 Å². The highest BCUT2D eigenvalue weighted by atomic mass is 16.3. The summed E-state index contributed by atoms with van der Waals surface area (Å²) in [6.07, 6.45) is 0. The number of nitrogens with zero attached hydrogens (tertiary/aromatic N) is 4. The lowest BCUT2D eigenvalue weighted by Crippen LogP contribution is -2.00. The van der Waals surface area contributed by atoms with Gasteiger partial charge in [-0.2, -0.15) is 0 Å². The molecule has 0 fully saturated rings. The molecule has 0 saturated carbocycles. The predicted molar refractivity (Wildman–Crippen MR) is 281 cm³/mol. The van der Waals surface area contributed by atoms with E-state index < -0.39 is 0 Å². The maximum atomic E-state index is 6.59. The average Bonchev–Trinajstić information content (AvgIpc) is 3.96. The van der Waals surface area contributed by atoms with Crippen LogP contribution in [0.3, 0.4) is 0 Å². The molecule has 0 atom stereocenters. The molecule has 0 saturated heterocycles. The molecule has 3 heterocycles. The van der Waals surface area contributed by atoms with Gasteiger partial charge in [0, 0.05) is 43.9 Å². The van der Waals surface area contributed by atoms with Crippen LogP contribution in [0.4, 0.5) is 0 Å². The van der Waals surface area contributed by atoms with Gasteiger partial charge in [-0.05, 0) is 115 Å². The van der Waals surface area contributed by atoms with Crippen LogP contribution in [0, 0.1) is 0 Å². The Labute approximate surface area is 390 Å². The quantitative estimate of drug-likeness (QED) is 0.156. The minimum absolute atomic E-state index is 0.576. The molecule has 0 spiro atoms. The van der Waals surface area contributed by atoms with Crippen LogP contribution in [0.15, 0.2) is 235 Å². The summed E-state index contributed by atoms with van der Waals surface area (Å²) in [5, 5.41) is 12.1. The summed E-state index contributed by atoms with van der Waals surface area (Å²) < 4.78 is 8.91. The van der Waals surface area contributed by atoms with Gasteiger partial charge in [0.1, 0.15) is 11.2 Å². The lowest BCUT2D eigenvalue weighted by molar-refractivity contribution is 0.669. The number of fused-ring (bicyclic) bond motifs is 12. The third-order valence-corrected chi connectivity index (χ3v) is 13.6. The van der Waals surface area contributed by atoms with Crippen LogP contribution in [0.2, 0.25) is 0 Å². The predicted octanol–water partition coefficient (Wildman–Crippen LogP) is 16.7. The van der Waals surface area contributed by atoms with Crippen molar-refractivity contribution in [2.45, 2.75) is 0 Å². The first-order valence-electron chi connectivity index (χ1n) is 23.0. The van der Waals surface area contributed by atoms with Gasteiger partial charge in [0.05, 0.1) is 11.0 Å². The summed E-state index contributed by atoms with van der Waals surface area (Å²) in [5.41, 5.74) is 12.2. The molecule has 0 unspecified atom stereocenters. The normalized spacial score (nSPS) is 11.8. The van der Waals surface area contributed by atoms with Crippen molar-refractivity contribution in [3.8, 4) is 62.1 Å². The average molecular weight is 867 g/mol. The summed E-state index contributed by atoms with van der Waals surface area (Å²) in [6, 6.07) is 81.7. The molecule has 5 nitrogen and oxygen atoms in total. The van der Waals surface area contributed by atoms with E-state index in [0.717, 1.165) is 66.5 Å². The van der Waals surface area contributed by atoms with Gasteiger partial charge >= 0.3 is 0 Å². The second-order valence-electron chi connectivity index (χ2n) is 17.5. The van der Waals surface area contributed by atoms with Crippen LogP contribution in [-0.2, 0) is 0 Å². The van der Waals surface area contributed by atoms with E-state index in [1.54, 1.807) is 0 Å². The topological polar surface area (TPSA) is 56.7 Å². The Hall–Kier alpha value is -9.19. The van der Waals surface area contributed by atoms with Crippen LogP contribution in [0.1, 0.15) is 0 Å². The van der Waals surface area contributed by atoms with E-state index >= 15 is 0 Å².